The summed E-state index contributed by atoms with van der Waals surface area (Å²) in [5.41, 5.74) is 3.41. The predicted molar refractivity (Wildman–Crippen MR) is 116 cm³/mol. The third-order valence-electron chi connectivity index (χ3n) is 5.08. The first-order chi connectivity index (χ1) is 14.3. The first-order valence-corrected chi connectivity index (χ1v) is 10.4. The molecule has 2 atom stereocenters. The Morgan fingerprint density at radius 1 is 0.833 bits per heavy atom. The number of benzene rings is 2. The van der Waals surface area contributed by atoms with Crippen molar-refractivity contribution >= 4 is 17.7 Å². The number of carbonyl (C=O) groups excluding carboxylic acids is 3. The van der Waals surface area contributed by atoms with E-state index in [1.54, 1.807) is 24.3 Å². The van der Waals surface area contributed by atoms with Gasteiger partial charge < -0.3 is 9.47 Å². The molecule has 2 rings (SSSR count). The second-order valence-corrected chi connectivity index (χ2v) is 7.58. The first kappa shape index (κ1) is 23.3. The number of ketones is 1. The van der Waals surface area contributed by atoms with Crippen molar-refractivity contribution < 1.29 is 23.9 Å². The number of rotatable bonds is 9. The molecule has 0 aliphatic carbocycles. The van der Waals surface area contributed by atoms with Crippen LogP contribution in [0.15, 0.2) is 42.5 Å². The highest BCUT2D eigenvalue weighted by Gasteiger charge is 2.27. The Hall–Kier alpha value is -2.95. The molecule has 0 radical (unpaired) electrons. The smallest absolute Gasteiger partial charge is 0.379 e. The number of carbonyl (C=O) groups is 3. The van der Waals surface area contributed by atoms with E-state index in [0.29, 0.717) is 30.4 Å². The Kier molecular flexibility index (Phi) is 8.34. The van der Waals surface area contributed by atoms with Crippen LogP contribution in [0, 0.1) is 20.8 Å². The number of aryl methyl sites for hydroxylation is 3. The van der Waals surface area contributed by atoms with Crippen LogP contribution in [0.2, 0.25) is 0 Å². The number of hydrogen-bond acceptors (Lipinski definition) is 5. The van der Waals surface area contributed by atoms with Gasteiger partial charge in [-0.1, -0.05) is 49.7 Å². The minimum Gasteiger partial charge on any atom is -0.459 e. The molecule has 0 fully saturated rings. The summed E-state index contributed by atoms with van der Waals surface area (Å²) < 4.78 is 11.1. The zero-order valence-electron chi connectivity index (χ0n) is 18.4. The molecule has 5 nitrogen and oxygen atoms in total. The third kappa shape index (κ3) is 6.02. The van der Waals surface area contributed by atoms with Crippen molar-refractivity contribution in [3.8, 4) is 0 Å². The summed E-state index contributed by atoms with van der Waals surface area (Å²) >= 11 is 0. The summed E-state index contributed by atoms with van der Waals surface area (Å²) in [6.07, 6.45) is 0.520. The molecule has 5 heteroatoms. The number of ether oxygens (including phenoxy) is 2. The Bertz CT molecular complexity index is 878. The van der Waals surface area contributed by atoms with Crippen molar-refractivity contribution in [2.24, 2.45) is 0 Å². The van der Waals surface area contributed by atoms with E-state index in [1.807, 2.05) is 52.8 Å². The maximum Gasteiger partial charge on any atom is 0.379 e. The molecule has 0 aromatic heterocycles. The molecule has 160 valence electrons. The van der Waals surface area contributed by atoms with Gasteiger partial charge in [0.05, 0.1) is 5.56 Å². The molecule has 0 amide bonds. The maximum absolute atomic E-state index is 12.7. The number of esters is 2. The van der Waals surface area contributed by atoms with Gasteiger partial charge in [0.25, 0.3) is 5.78 Å². The lowest BCUT2D eigenvalue weighted by Gasteiger charge is -2.22. The molecule has 0 heterocycles. The number of hydrogen-bond donors (Lipinski definition) is 0. The van der Waals surface area contributed by atoms with E-state index >= 15 is 0 Å². The Morgan fingerprint density at radius 3 is 1.90 bits per heavy atom. The van der Waals surface area contributed by atoms with Crippen LogP contribution < -0.4 is 0 Å². The van der Waals surface area contributed by atoms with Crippen molar-refractivity contribution in [1.82, 2.24) is 0 Å². The molecule has 0 saturated carbocycles. The zero-order chi connectivity index (χ0) is 22.3. The van der Waals surface area contributed by atoms with Crippen LogP contribution in [-0.2, 0) is 14.3 Å². The molecule has 0 aliphatic heterocycles. The van der Waals surface area contributed by atoms with Gasteiger partial charge in [-0.05, 0) is 56.9 Å². The lowest BCUT2D eigenvalue weighted by Crippen LogP contribution is -2.30. The summed E-state index contributed by atoms with van der Waals surface area (Å²) in [5, 5.41) is 0. The van der Waals surface area contributed by atoms with Crippen LogP contribution in [0.3, 0.4) is 0 Å². The Morgan fingerprint density at radius 2 is 1.37 bits per heavy atom. The molecule has 0 spiro atoms. The van der Waals surface area contributed by atoms with E-state index in [0.717, 1.165) is 16.7 Å². The van der Waals surface area contributed by atoms with E-state index in [4.69, 9.17) is 9.47 Å². The van der Waals surface area contributed by atoms with Crippen LogP contribution in [0.25, 0.3) is 0 Å². The predicted octanol–water partition coefficient (Wildman–Crippen LogP) is 5.14. The normalized spacial score (nSPS) is 12.7. The highest BCUT2D eigenvalue weighted by atomic mass is 16.6. The van der Waals surface area contributed by atoms with Crippen molar-refractivity contribution in [3.63, 3.8) is 0 Å². The van der Waals surface area contributed by atoms with E-state index in [-0.39, 0.29) is 0 Å². The SMILES string of the molecule is CCC(CC(CC)OC(=O)c1ccccc1)OC(=O)C(=O)c1c(C)cc(C)cc1C. The van der Waals surface area contributed by atoms with Crippen LogP contribution in [-0.4, -0.2) is 29.9 Å². The van der Waals surface area contributed by atoms with Crippen LogP contribution in [0.1, 0.15) is 70.5 Å². The largest absolute Gasteiger partial charge is 0.459 e. The van der Waals surface area contributed by atoms with Crippen LogP contribution in [0.5, 0.6) is 0 Å². The minimum absolute atomic E-state index is 0.344. The van der Waals surface area contributed by atoms with Crippen molar-refractivity contribution in [3.05, 3.63) is 70.3 Å². The summed E-state index contributed by atoms with van der Waals surface area (Å²) in [4.78, 5) is 37.6. The molecule has 30 heavy (non-hydrogen) atoms. The Labute approximate surface area is 178 Å². The van der Waals surface area contributed by atoms with E-state index < -0.39 is 29.9 Å². The second-order valence-electron chi connectivity index (χ2n) is 7.58. The van der Waals surface area contributed by atoms with Gasteiger partial charge in [-0.25, -0.2) is 9.59 Å². The molecule has 0 N–H and O–H groups in total. The van der Waals surface area contributed by atoms with Gasteiger partial charge in [0.2, 0.25) is 0 Å². The van der Waals surface area contributed by atoms with Crippen LogP contribution in [0.4, 0.5) is 0 Å². The summed E-state index contributed by atoms with van der Waals surface area (Å²) in [6, 6.07) is 12.5. The standard InChI is InChI=1S/C25H30O5/c1-6-20(29-24(27)19-11-9-8-10-12-19)15-21(7-2)30-25(28)23(26)22-17(4)13-16(3)14-18(22)5/h8-14,20-21H,6-7,15H2,1-5H3. The van der Waals surface area contributed by atoms with Gasteiger partial charge in [0.1, 0.15) is 12.2 Å². The summed E-state index contributed by atoms with van der Waals surface area (Å²) in [6.45, 7) is 9.35. The van der Waals surface area contributed by atoms with Crippen molar-refractivity contribution in [2.75, 3.05) is 0 Å². The topological polar surface area (TPSA) is 69.7 Å². The fourth-order valence-corrected chi connectivity index (χ4v) is 3.53. The fourth-order valence-electron chi connectivity index (χ4n) is 3.53. The molecule has 2 aromatic carbocycles. The highest BCUT2D eigenvalue weighted by Crippen LogP contribution is 2.20. The van der Waals surface area contributed by atoms with Gasteiger partial charge in [-0.3, -0.25) is 4.79 Å². The van der Waals surface area contributed by atoms with E-state index in [9.17, 15) is 14.4 Å². The minimum atomic E-state index is -0.874. The maximum atomic E-state index is 12.7. The zero-order valence-corrected chi connectivity index (χ0v) is 18.4. The van der Waals surface area contributed by atoms with Crippen molar-refractivity contribution in [2.45, 2.75) is 66.1 Å². The van der Waals surface area contributed by atoms with Gasteiger partial charge >= 0.3 is 11.9 Å². The van der Waals surface area contributed by atoms with Gasteiger partial charge in [-0.2, -0.15) is 0 Å². The van der Waals surface area contributed by atoms with Gasteiger partial charge in [-0.15, -0.1) is 0 Å². The lowest BCUT2D eigenvalue weighted by molar-refractivity contribution is -0.144. The van der Waals surface area contributed by atoms with Gasteiger partial charge in [0.15, 0.2) is 0 Å². The molecule has 2 aromatic rings. The molecule has 2 unspecified atom stereocenters. The van der Waals surface area contributed by atoms with Crippen LogP contribution >= 0.6 is 0 Å². The summed E-state index contributed by atoms with van der Waals surface area (Å²) in [7, 11) is 0. The summed E-state index contributed by atoms with van der Waals surface area (Å²) in [5.74, 6) is -1.93. The van der Waals surface area contributed by atoms with Crippen molar-refractivity contribution in [1.29, 1.82) is 0 Å². The fraction of sp³-hybridized carbons (Fsp3) is 0.400. The molecule has 0 aliphatic rings. The third-order valence-corrected chi connectivity index (χ3v) is 5.08. The van der Waals surface area contributed by atoms with E-state index in [1.165, 1.54) is 0 Å². The second kappa shape index (κ2) is 10.7. The van der Waals surface area contributed by atoms with E-state index in [2.05, 4.69) is 0 Å². The monoisotopic (exact) mass is 410 g/mol. The Balaban J connectivity index is 2.04. The average molecular weight is 411 g/mol. The molecule has 0 saturated heterocycles. The lowest BCUT2D eigenvalue weighted by atomic mass is 9.96. The highest BCUT2D eigenvalue weighted by molar-refractivity contribution is 6.41. The first-order valence-electron chi connectivity index (χ1n) is 10.4. The molecular formula is C25H30O5. The molecular weight excluding hydrogens is 380 g/mol. The average Bonchev–Trinajstić information content (AvgIpc) is 2.72. The molecule has 0 bridgehead atoms. The van der Waals surface area contributed by atoms with Gasteiger partial charge in [0, 0.05) is 12.0 Å². The number of Topliss-reactive ketones (excluding diaryl/α,β-unsaturated/α-hetero) is 1. The quantitative estimate of drug-likeness (QED) is 0.325.